The summed E-state index contributed by atoms with van der Waals surface area (Å²) in [5.41, 5.74) is 0.516. The summed E-state index contributed by atoms with van der Waals surface area (Å²) >= 11 is 17.8. The quantitative estimate of drug-likeness (QED) is 0.553. The van der Waals surface area contributed by atoms with Crippen molar-refractivity contribution in [3.63, 3.8) is 0 Å². The Kier molecular flexibility index (Phi) is 3.66. The first-order chi connectivity index (χ1) is 9.95. The molecule has 1 heterocycles. The van der Waals surface area contributed by atoms with E-state index in [1.165, 1.54) is 18.2 Å². The third-order valence-electron chi connectivity index (χ3n) is 2.94. The maximum Gasteiger partial charge on any atom is 0.229 e. The number of hydrogen-bond acceptors (Lipinski definition) is 2. The van der Waals surface area contributed by atoms with Crippen molar-refractivity contribution in [2.24, 2.45) is 0 Å². The molecule has 0 spiro atoms. The van der Waals surface area contributed by atoms with Gasteiger partial charge >= 0.3 is 0 Å². The van der Waals surface area contributed by atoms with Crippen molar-refractivity contribution in [3.05, 3.63) is 68.6 Å². The van der Waals surface area contributed by atoms with E-state index in [0.29, 0.717) is 21.0 Å². The van der Waals surface area contributed by atoms with Crippen LogP contribution in [0.1, 0.15) is 16.1 Å². The fraction of sp³-hybridized carbons (Fsp3) is 0. The Balaban J connectivity index is 2.11. The van der Waals surface area contributed by atoms with E-state index >= 15 is 0 Å². The third kappa shape index (κ3) is 2.64. The van der Waals surface area contributed by atoms with Crippen LogP contribution in [-0.4, -0.2) is 5.78 Å². The van der Waals surface area contributed by atoms with Gasteiger partial charge in [0.2, 0.25) is 5.78 Å². The highest BCUT2D eigenvalue weighted by atomic mass is 35.5. The van der Waals surface area contributed by atoms with E-state index in [0.717, 1.165) is 12.1 Å². The second-order valence-electron chi connectivity index (χ2n) is 4.37. The Morgan fingerprint density at radius 1 is 1.00 bits per heavy atom. The van der Waals surface area contributed by atoms with Gasteiger partial charge in [0.15, 0.2) is 11.3 Å². The molecule has 0 bridgehead atoms. The largest absolute Gasteiger partial charge is 0.451 e. The number of furan rings is 1. The molecular weight excluding hydrogens is 338 g/mol. The summed E-state index contributed by atoms with van der Waals surface area (Å²) in [4.78, 5) is 12.4. The van der Waals surface area contributed by atoms with Crippen LogP contribution in [0.3, 0.4) is 0 Å². The molecule has 106 valence electrons. The van der Waals surface area contributed by atoms with Crippen LogP contribution in [-0.2, 0) is 0 Å². The lowest BCUT2D eigenvalue weighted by Gasteiger charge is -2.00. The number of carbonyl (C=O) groups excluding carboxylic acids is 1. The lowest BCUT2D eigenvalue weighted by Crippen LogP contribution is -2.00. The normalized spacial score (nSPS) is 11.0. The zero-order valence-electron chi connectivity index (χ0n) is 10.3. The maximum atomic E-state index is 13.0. The van der Waals surface area contributed by atoms with Crippen molar-refractivity contribution < 1.29 is 13.6 Å². The number of rotatable bonds is 2. The Morgan fingerprint density at radius 3 is 2.48 bits per heavy atom. The van der Waals surface area contributed by atoms with Crippen LogP contribution in [0.5, 0.6) is 0 Å². The van der Waals surface area contributed by atoms with Crippen LogP contribution in [0.25, 0.3) is 11.0 Å². The highest BCUT2D eigenvalue weighted by Crippen LogP contribution is 2.32. The van der Waals surface area contributed by atoms with Crippen molar-refractivity contribution in [3.8, 4) is 0 Å². The Hall–Kier alpha value is -1.55. The molecule has 2 nitrogen and oxygen atoms in total. The summed E-state index contributed by atoms with van der Waals surface area (Å²) < 4.78 is 18.5. The summed E-state index contributed by atoms with van der Waals surface area (Å²) in [7, 11) is 0. The van der Waals surface area contributed by atoms with Crippen molar-refractivity contribution in [1.29, 1.82) is 0 Å². The lowest BCUT2D eigenvalue weighted by molar-refractivity contribution is 0.101. The van der Waals surface area contributed by atoms with Crippen molar-refractivity contribution in [1.82, 2.24) is 0 Å². The van der Waals surface area contributed by atoms with Crippen LogP contribution in [0.2, 0.25) is 15.1 Å². The van der Waals surface area contributed by atoms with Crippen LogP contribution in [0.4, 0.5) is 4.39 Å². The second kappa shape index (κ2) is 5.34. The van der Waals surface area contributed by atoms with Crippen LogP contribution < -0.4 is 0 Å². The van der Waals surface area contributed by atoms with E-state index in [1.54, 1.807) is 6.07 Å². The van der Waals surface area contributed by atoms with E-state index in [4.69, 9.17) is 39.2 Å². The van der Waals surface area contributed by atoms with Gasteiger partial charge in [-0.05, 0) is 36.4 Å². The van der Waals surface area contributed by atoms with Crippen molar-refractivity contribution >= 4 is 51.6 Å². The molecule has 0 atom stereocenters. The summed E-state index contributed by atoms with van der Waals surface area (Å²) in [6, 6.07) is 8.22. The minimum Gasteiger partial charge on any atom is -0.451 e. The first kappa shape index (κ1) is 14.4. The molecule has 0 unspecified atom stereocenters. The minimum atomic E-state index is -0.518. The topological polar surface area (TPSA) is 30.2 Å². The van der Waals surface area contributed by atoms with Gasteiger partial charge in [-0.25, -0.2) is 4.39 Å². The molecule has 0 fully saturated rings. The summed E-state index contributed by atoms with van der Waals surface area (Å²) in [5, 5.41) is 1.37. The average Bonchev–Trinajstić information content (AvgIpc) is 2.82. The second-order valence-corrected chi connectivity index (χ2v) is 5.62. The molecule has 0 aliphatic rings. The Morgan fingerprint density at radius 2 is 1.76 bits per heavy atom. The van der Waals surface area contributed by atoms with E-state index in [2.05, 4.69) is 0 Å². The molecule has 3 aromatic rings. The SMILES string of the molecule is O=C(c1cc2cc(Cl)cc(Cl)c2o1)c1ccc(F)cc1Cl. The highest BCUT2D eigenvalue weighted by molar-refractivity contribution is 6.38. The molecule has 0 radical (unpaired) electrons. The summed E-state index contributed by atoms with van der Waals surface area (Å²) in [5.74, 6) is -0.915. The van der Waals surface area contributed by atoms with E-state index in [9.17, 15) is 9.18 Å². The average molecular weight is 344 g/mol. The Bertz CT molecular complexity index is 871. The monoisotopic (exact) mass is 342 g/mol. The van der Waals surface area contributed by atoms with Crippen molar-refractivity contribution in [2.45, 2.75) is 0 Å². The van der Waals surface area contributed by atoms with Crippen molar-refractivity contribution in [2.75, 3.05) is 0 Å². The zero-order chi connectivity index (χ0) is 15.1. The Labute approximate surface area is 134 Å². The van der Waals surface area contributed by atoms with E-state index in [-0.39, 0.29) is 16.3 Å². The predicted octanol–water partition coefficient (Wildman–Crippen LogP) is 5.76. The van der Waals surface area contributed by atoms with Gasteiger partial charge < -0.3 is 4.42 Å². The summed E-state index contributed by atoms with van der Waals surface area (Å²) in [6.45, 7) is 0. The molecule has 0 aliphatic heterocycles. The molecular formula is C15H6Cl3FO2. The fourth-order valence-electron chi connectivity index (χ4n) is 1.99. The van der Waals surface area contributed by atoms with E-state index in [1.807, 2.05) is 0 Å². The van der Waals surface area contributed by atoms with Gasteiger partial charge in [-0.2, -0.15) is 0 Å². The molecule has 6 heteroatoms. The number of ketones is 1. The molecule has 0 saturated heterocycles. The first-order valence-electron chi connectivity index (χ1n) is 5.84. The lowest BCUT2D eigenvalue weighted by atomic mass is 10.1. The summed E-state index contributed by atoms with van der Waals surface area (Å²) in [6.07, 6.45) is 0. The molecule has 0 amide bonds. The van der Waals surface area contributed by atoms with Crippen LogP contribution >= 0.6 is 34.8 Å². The van der Waals surface area contributed by atoms with E-state index < -0.39 is 11.6 Å². The number of halogens is 4. The zero-order valence-corrected chi connectivity index (χ0v) is 12.6. The molecule has 1 aromatic heterocycles. The number of fused-ring (bicyclic) bond motifs is 1. The van der Waals surface area contributed by atoms with Gasteiger partial charge in [0.25, 0.3) is 0 Å². The first-order valence-corrected chi connectivity index (χ1v) is 6.97. The van der Waals surface area contributed by atoms with Gasteiger partial charge in [0.05, 0.1) is 10.0 Å². The standard InChI is InChI=1S/C15H6Cl3FO2/c16-8-3-7-4-13(21-15(7)12(18)5-8)14(20)10-2-1-9(19)6-11(10)17/h1-6H. The predicted molar refractivity (Wildman–Crippen MR) is 81.1 cm³/mol. The van der Waals surface area contributed by atoms with Gasteiger partial charge in [-0.1, -0.05) is 34.8 Å². The number of hydrogen-bond donors (Lipinski definition) is 0. The molecule has 3 rings (SSSR count). The van der Waals surface area contributed by atoms with Gasteiger partial charge in [-0.15, -0.1) is 0 Å². The van der Waals surface area contributed by atoms with Gasteiger partial charge in [0.1, 0.15) is 5.82 Å². The maximum absolute atomic E-state index is 13.0. The van der Waals surface area contributed by atoms with Crippen LogP contribution in [0.15, 0.2) is 40.8 Å². The van der Waals surface area contributed by atoms with Gasteiger partial charge in [-0.3, -0.25) is 4.79 Å². The molecule has 21 heavy (non-hydrogen) atoms. The minimum absolute atomic E-state index is 0.0181. The molecule has 0 aliphatic carbocycles. The molecule has 2 aromatic carbocycles. The number of benzene rings is 2. The fourth-order valence-corrected chi connectivity index (χ4v) is 2.79. The highest BCUT2D eigenvalue weighted by Gasteiger charge is 2.19. The van der Waals surface area contributed by atoms with Crippen LogP contribution in [0, 0.1) is 5.82 Å². The smallest absolute Gasteiger partial charge is 0.229 e. The van der Waals surface area contributed by atoms with Gasteiger partial charge in [0, 0.05) is 16.0 Å². The third-order valence-corrected chi connectivity index (χ3v) is 3.75. The number of carbonyl (C=O) groups is 1. The molecule has 0 saturated carbocycles. The molecule has 0 N–H and O–H groups in total.